The van der Waals surface area contributed by atoms with E-state index in [1.165, 1.54) is 38.5 Å². The largest absolute Gasteiger partial charge is 0.491 e. The zero-order valence-corrected chi connectivity index (χ0v) is 14.3. The molecule has 0 bridgehead atoms. The molecule has 1 N–H and O–H groups in total. The first-order valence-electron chi connectivity index (χ1n) is 7.07. The number of rotatable bonds is 5. The van der Waals surface area contributed by atoms with Crippen LogP contribution >= 0.6 is 31.9 Å². The number of nitrogens with one attached hydrogen (secondary N) is 1. The van der Waals surface area contributed by atoms with Gasteiger partial charge >= 0.3 is 0 Å². The number of hydrogen-bond acceptors (Lipinski definition) is 2. The van der Waals surface area contributed by atoms with Crippen LogP contribution in [0.3, 0.4) is 0 Å². The second-order valence-corrected chi connectivity index (χ2v) is 6.84. The fourth-order valence-electron chi connectivity index (χ4n) is 2.50. The lowest BCUT2D eigenvalue weighted by Crippen LogP contribution is -2.32. The Balaban J connectivity index is 1.68. The number of ether oxygens (including phenoxy) is 1. The van der Waals surface area contributed by atoms with Crippen LogP contribution in [0.2, 0.25) is 0 Å². The predicted molar refractivity (Wildman–Crippen MR) is 86.8 cm³/mol. The van der Waals surface area contributed by atoms with Gasteiger partial charge in [-0.25, -0.2) is 0 Å². The minimum Gasteiger partial charge on any atom is -0.491 e. The van der Waals surface area contributed by atoms with Crippen LogP contribution in [0.5, 0.6) is 5.75 Å². The molecule has 0 saturated heterocycles. The van der Waals surface area contributed by atoms with E-state index in [1.54, 1.807) is 0 Å². The van der Waals surface area contributed by atoms with E-state index in [4.69, 9.17) is 4.74 Å². The predicted octanol–water partition coefficient (Wildman–Crippen LogP) is 4.90. The monoisotopic (exact) mass is 389 g/mol. The summed E-state index contributed by atoms with van der Waals surface area (Å²) in [4.78, 5) is 0. The molecule has 0 amide bonds. The summed E-state index contributed by atoms with van der Waals surface area (Å²) in [6.07, 6.45) is 8.19. The zero-order valence-electron chi connectivity index (χ0n) is 11.1. The summed E-state index contributed by atoms with van der Waals surface area (Å²) in [5.41, 5.74) is 0. The van der Waals surface area contributed by atoms with Crippen LogP contribution < -0.4 is 10.1 Å². The maximum Gasteiger partial charge on any atom is 0.133 e. The minimum atomic E-state index is 0.694. The van der Waals surface area contributed by atoms with E-state index in [0.29, 0.717) is 6.04 Å². The van der Waals surface area contributed by atoms with Crippen LogP contribution in [0, 0.1) is 0 Å². The van der Waals surface area contributed by atoms with Crippen molar-refractivity contribution in [3.05, 3.63) is 27.1 Å². The van der Waals surface area contributed by atoms with E-state index in [1.807, 2.05) is 18.2 Å². The smallest absolute Gasteiger partial charge is 0.133 e. The molecule has 0 unspecified atom stereocenters. The van der Waals surface area contributed by atoms with Crippen molar-refractivity contribution in [3.8, 4) is 5.75 Å². The number of benzene rings is 1. The highest BCUT2D eigenvalue weighted by Crippen LogP contribution is 2.28. The lowest BCUT2D eigenvalue weighted by molar-refractivity contribution is 0.298. The van der Waals surface area contributed by atoms with E-state index in [2.05, 4.69) is 37.2 Å². The molecule has 0 heterocycles. The van der Waals surface area contributed by atoms with Gasteiger partial charge in [0, 0.05) is 17.1 Å². The zero-order chi connectivity index (χ0) is 13.5. The fraction of sp³-hybridized carbons (Fsp3) is 0.600. The van der Waals surface area contributed by atoms with Crippen LogP contribution in [0.4, 0.5) is 0 Å². The molecule has 0 atom stereocenters. The van der Waals surface area contributed by atoms with Crippen molar-refractivity contribution in [1.29, 1.82) is 0 Å². The molecule has 0 radical (unpaired) electrons. The first kappa shape index (κ1) is 15.3. The van der Waals surface area contributed by atoms with Gasteiger partial charge in [-0.2, -0.15) is 0 Å². The Labute approximate surface area is 132 Å². The molecular weight excluding hydrogens is 370 g/mol. The molecule has 106 valence electrons. The molecule has 1 aliphatic rings. The van der Waals surface area contributed by atoms with Gasteiger partial charge in [0.15, 0.2) is 0 Å². The summed E-state index contributed by atoms with van der Waals surface area (Å²) in [5, 5.41) is 3.61. The molecule has 2 nitrogen and oxygen atoms in total. The number of halogens is 2. The van der Waals surface area contributed by atoms with Crippen LogP contribution in [-0.4, -0.2) is 19.2 Å². The SMILES string of the molecule is Brc1ccc(OCCNC2CCCCCC2)c(Br)c1. The third-order valence-corrected chi connectivity index (χ3v) is 4.65. The van der Waals surface area contributed by atoms with Crippen molar-refractivity contribution in [2.45, 2.75) is 44.6 Å². The molecule has 2 rings (SSSR count). The standard InChI is InChI=1S/C15H21Br2NO/c16-12-7-8-15(14(17)11-12)19-10-9-18-13-5-3-1-2-4-6-13/h7-8,11,13,18H,1-6,9-10H2. The van der Waals surface area contributed by atoms with E-state index in [-0.39, 0.29) is 0 Å². The van der Waals surface area contributed by atoms with Crippen molar-refractivity contribution in [2.75, 3.05) is 13.2 Å². The summed E-state index contributed by atoms with van der Waals surface area (Å²) in [7, 11) is 0. The summed E-state index contributed by atoms with van der Waals surface area (Å²) < 4.78 is 7.84. The van der Waals surface area contributed by atoms with E-state index in [9.17, 15) is 0 Å². The molecule has 4 heteroatoms. The van der Waals surface area contributed by atoms with Crippen LogP contribution in [0.25, 0.3) is 0 Å². The second-order valence-electron chi connectivity index (χ2n) is 5.07. The lowest BCUT2D eigenvalue weighted by Gasteiger charge is -2.16. The van der Waals surface area contributed by atoms with E-state index >= 15 is 0 Å². The maximum atomic E-state index is 5.78. The lowest BCUT2D eigenvalue weighted by atomic mass is 10.1. The van der Waals surface area contributed by atoms with E-state index < -0.39 is 0 Å². The van der Waals surface area contributed by atoms with Crippen LogP contribution in [0.1, 0.15) is 38.5 Å². The van der Waals surface area contributed by atoms with Gasteiger partial charge in [-0.05, 0) is 47.0 Å². The summed E-state index contributed by atoms with van der Waals surface area (Å²) in [6, 6.07) is 6.69. The molecule has 1 aromatic rings. The van der Waals surface area contributed by atoms with Crippen LogP contribution in [-0.2, 0) is 0 Å². The Kier molecular flexibility index (Phi) is 6.68. The number of hydrogen-bond donors (Lipinski definition) is 1. The summed E-state index contributed by atoms with van der Waals surface area (Å²) in [6.45, 7) is 1.64. The van der Waals surface area contributed by atoms with Gasteiger partial charge in [0.05, 0.1) is 4.47 Å². The van der Waals surface area contributed by atoms with Gasteiger partial charge in [0.1, 0.15) is 12.4 Å². The first-order chi connectivity index (χ1) is 9.25. The molecule has 0 aromatic heterocycles. The van der Waals surface area contributed by atoms with Crippen LogP contribution in [0.15, 0.2) is 27.1 Å². The third-order valence-electron chi connectivity index (χ3n) is 3.54. The topological polar surface area (TPSA) is 21.3 Å². The average Bonchev–Trinajstić information content (AvgIpc) is 2.65. The Morgan fingerprint density at radius 3 is 2.53 bits per heavy atom. The molecule has 19 heavy (non-hydrogen) atoms. The molecule has 1 saturated carbocycles. The Bertz CT molecular complexity index is 390. The Morgan fingerprint density at radius 1 is 1.11 bits per heavy atom. The van der Waals surface area contributed by atoms with Gasteiger partial charge in [-0.3, -0.25) is 0 Å². The quantitative estimate of drug-likeness (QED) is 0.570. The summed E-state index contributed by atoms with van der Waals surface area (Å²) >= 11 is 6.95. The molecular formula is C15H21Br2NO. The highest BCUT2D eigenvalue weighted by molar-refractivity contribution is 9.11. The minimum absolute atomic E-state index is 0.694. The van der Waals surface area contributed by atoms with E-state index in [0.717, 1.165) is 27.8 Å². The van der Waals surface area contributed by atoms with Crippen molar-refractivity contribution in [1.82, 2.24) is 5.32 Å². The molecule has 0 aliphatic heterocycles. The second kappa shape index (κ2) is 8.28. The van der Waals surface area contributed by atoms with Crippen molar-refractivity contribution >= 4 is 31.9 Å². The Morgan fingerprint density at radius 2 is 1.84 bits per heavy atom. The van der Waals surface area contributed by atoms with Gasteiger partial charge in [-0.15, -0.1) is 0 Å². The van der Waals surface area contributed by atoms with Gasteiger partial charge in [-0.1, -0.05) is 41.6 Å². The molecule has 1 aliphatic carbocycles. The molecule has 0 spiro atoms. The van der Waals surface area contributed by atoms with Crippen molar-refractivity contribution in [2.24, 2.45) is 0 Å². The Hall–Kier alpha value is -0.0600. The van der Waals surface area contributed by atoms with Gasteiger partial charge in [0.25, 0.3) is 0 Å². The molecule has 1 aromatic carbocycles. The summed E-state index contributed by atoms with van der Waals surface area (Å²) in [5.74, 6) is 0.908. The maximum absolute atomic E-state index is 5.78. The van der Waals surface area contributed by atoms with Crippen molar-refractivity contribution in [3.63, 3.8) is 0 Å². The molecule has 1 fully saturated rings. The first-order valence-corrected chi connectivity index (χ1v) is 8.65. The van der Waals surface area contributed by atoms with Gasteiger partial charge < -0.3 is 10.1 Å². The highest BCUT2D eigenvalue weighted by atomic mass is 79.9. The normalized spacial score (nSPS) is 17.2. The average molecular weight is 391 g/mol. The third kappa shape index (κ3) is 5.44. The van der Waals surface area contributed by atoms with Gasteiger partial charge in [0.2, 0.25) is 0 Å². The van der Waals surface area contributed by atoms with Crippen molar-refractivity contribution < 1.29 is 4.74 Å². The highest BCUT2D eigenvalue weighted by Gasteiger charge is 2.11. The fourth-order valence-corrected chi connectivity index (χ4v) is 3.66.